The molecule has 0 amide bonds. The first-order chi connectivity index (χ1) is 19.3. The quantitative estimate of drug-likeness (QED) is 0.175. The van der Waals surface area contributed by atoms with Crippen molar-refractivity contribution in [2.45, 2.75) is 56.5 Å². The van der Waals surface area contributed by atoms with Crippen LogP contribution in [0.1, 0.15) is 54.6 Å². The summed E-state index contributed by atoms with van der Waals surface area (Å²) in [5.41, 5.74) is 13.6. The molecule has 0 saturated heterocycles. The van der Waals surface area contributed by atoms with Gasteiger partial charge in [0.15, 0.2) is 0 Å². The topological polar surface area (TPSA) is 0 Å². The Balaban J connectivity index is 1.54. The number of benzene rings is 4. The number of aryl methyl sites for hydroxylation is 2. The van der Waals surface area contributed by atoms with E-state index in [1.807, 2.05) is 0 Å². The van der Waals surface area contributed by atoms with Crippen molar-refractivity contribution in [2.24, 2.45) is 0 Å². The SMILES string of the molecule is CC[Si](CC)=[Hf]([CH3])([CH3])([CH]1C=Cc2c(-c3ccc(C)cc3)cccc21)[CH]1C=Cc2c(-c3ccc(C)cc3)cccc21. The molecule has 2 atom stereocenters. The molecule has 0 heterocycles. The van der Waals surface area contributed by atoms with Gasteiger partial charge < -0.3 is 0 Å². The van der Waals surface area contributed by atoms with Crippen molar-refractivity contribution in [3.8, 4) is 22.3 Å². The van der Waals surface area contributed by atoms with Gasteiger partial charge in [-0.15, -0.1) is 0 Å². The van der Waals surface area contributed by atoms with Gasteiger partial charge in [0.05, 0.1) is 0 Å². The molecule has 0 N–H and O–H groups in total. The summed E-state index contributed by atoms with van der Waals surface area (Å²) in [6, 6.07) is 35.1. The molecule has 0 bridgehead atoms. The average Bonchev–Trinajstić information content (AvgIpc) is 3.61. The van der Waals surface area contributed by atoms with Crippen molar-refractivity contribution >= 4 is 17.6 Å². The molecule has 2 heteroatoms. The Morgan fingerprint density at radius 2 is 0.975 bits per heavy atom. The Hall–Kier alpha value is -2.55. The molecule has 202 valence electrons. The Kier molecular flexibility index (Phi) is 7.16. The molecule has 0 radical (unpaired) electrons. The van der Waals surface area contributed by atoms with E-state index in [1.54, 1.807) is 11.1 Å². The van der Waals surface area contributed by atoms with Crippen LogP contribution in [0.3, 0.4) is 0 Å². The second-order valence-corrected chi connectivity index (χ2v) is 59.3. The molecule has 2 aliphatic carbocycles. The maximum absolute atomic E-state index is 3.75. The minimum absolute atomic E-state index is 0.555. The van der Waals surface area contributed by atoms with Gasteiger partial charge in [0.2, 0.25) is 0 Å². The number of hydrogen-bond donors (Lipinski definition) is 0. The normalized spacial score (nSPS) is 17.7. The van der Waals surface area contributed by atoms with Crippen LogP contribution in [0.4, 0.5) is 0 Å². The number of fused-ring (bicyclic) bond motifs is 2. The molecule has 0 aromatic heterocycles. The fourth-order valence-corrected chi connectivity index (χ4v) is 64.5. The van der Waals surface area contributed by atoms with Crippen molar-refractivity contribution < 1.29 is 17.1 Å². The van der Waals surface area contributed by atoms with Crippen LogP contribution in [-0.4, -0.2) is 5.49 Å². The first-order valence-electron chi connectivity index (χ1n) is 15.1. The van der Waals surface area contributed by atoms with Crippen molar-refractivity contribution in [1.29, 1.82) is 0 Å². The summed E-state index contributed by atoms with van der Waals surface area (Å²) in [6.45, 7) is 9.33. The van der Waals surface area contributed by atoms with E-state index in [-0.39, 0.29) is 0 Å². The summed E-state index contributed by atoms with van der Waals surface area (Å²) in [7, 11) is 0. The van der Waals surface area contributed by atoms with Crippen LogP contribution in [-0.2, 0) is 17.1 Å². The Labute approximate surface area is 242 Å². The zero-order chi connectivity index (χ0) is 28.1. The van der Waals surface area contributed by atoms with E-state index in [0.29, 0.717) is 7.35 Å². The van der Waals surface area contributed by atoms with Crippen LogP contribution in [0.5, 0.6) is 0 Å². The van der Waals surface area contributed by atoms with E-state index < -0.39 is 22.6 Å². The van der Waals surface area contributed by atoms with Crippen LogP contribution in [0, 0.1) is 13.8 Å². The van der Waals surface area contributed by atoms with Crippen molar-refractivity contribution in [1.82, 2.24) is 0 Å². The third kappa shape index (κ3) is 4.25. The van der Waals surface area contributed by atoms with Gasteiger partial charge in [-0.1, -0.05) is 0 Å². The third-order valence-corrected chi connectivity index (χ3v) is 68.5. The van der Waals surface area contributed by atoms with Gasteiger partial charge in [-0.2, -0.15) is 0 Å². The van der Waals surface area contributed by atoms with Gasteiger partial charge in [0.25, 0.3) is 0 Å². The molecule has 40 heavy (non-hydrogen) atoms. The fourth-order valence-electron chi connectivity index (χ4n) is 8.19. The summed E-state index contributed by atoms with van der Waals surface area (Å²) in [5.74, 6) is 0. The van der Waals surface area contributed by atoms with Crippen molar-refractivity contribution in [2.75, 3.05) is 0 Å². The number of rotatable bonds is 6. The van der Waals surface area contributed by atoms with Gasteiger partial charge >= 0.3 is 244 Å². The average molecular weight is 705 g/mol. The van der Waals surface area contributed by atoms with E-state index in [1.165, 1.54) is 56.6 Å². The van der Waals surface area contributed by atoms with Crippen molar-refractivity contribution in [3.05, 3.63) is 130 Å². The maximum atomic E-state index is 2.86. The van der Waals surface area contributed by atoms with Gasteiger partial charge in [-0.25, -0.2) is 0 Å². The van der Waals surface area contributed by atoms with Gasteiger partial charge in [0, 0.05) is 0 Å². The summed E-state index contributed by atoms with van der Waals surface area (Å²) in [4.78, 5) is 0. The molecular formula is C38H42HfSi. The zero-order valence-electron chi connectivity index (χ0n) is 25.0. The molecule has 0 nitrogen and oxygen atoms in total. The van der Waals surface area contributed by atoms with Crippen LogP contribution in [0.25, 0.3) is 34.4 Å². The third-order valence-electron chi connectivity index (χ3n) is 10.5. The van der Waals surface area contributed by atoms with Gasteiger partial charge in [0.1, 0.15) is 0 Å². The van der Waals surface area contributed by atoms with Gasteiger partial charge in [-0.3, -0.25) is 0 Å². The Morgan fingerprint density at radius 1 is 0.575 bits per heavy atom. The summed E-state index contributed by atoms with van der Waals surface area (Å²) in [6.07, 6.45) is 10.3. The molecule has 4 aromatic rings. The molecule has 2 unspecified atom stereocenters. The predicted octanol–water partition coefficient (Wildman–Crippen LogP) is 11.3. The number of allylic oxidation sites excluding steroid dienone is 2. The second-order valence-electron chi connectivity index (χ2n) is 12.9. The molecule has 6 rings (SSSR count). The second kappa shape index (κ2) is 10.4. The Bertz CT molecular complexity index is 1600. The molecular weight excluding hydrogens is 663 g/mol. The standard InChI is InChI=1S/2C16H13.C4H10Si.2CH3.Hf/c2*1-12-8-10-14(11-9-12)16-7-3-5-13-4-2-6-15(13)16;1-3-5-4-2;;;/h2*2-11H,1H3;3-4H2,1-2H3;2*1H3;. The van der Waals surface area contributed by atoms with Crippen LogP contribution >= 0.6 is 0 Å². The molecule has 0 spiro atoms. The van der Waals surface area contributed by atoms with E-state index in [2.05, 4.69) is 146 Å². The molecule has 2 aliphatic rings. The molecule has 0 saturated carbocycles. The fraction of sp³-hybridized carbons (Fsp3) is 0.263. The molecule has 0 aliphatic heterocycles. The van der Waals surface area contributed by atoms with Crippen LogP contribution < -0.4 is 0 Å². The van der Waals surface area contributed by atoms with Crippen molar-refractivity contribution in [3.63, 3.8) is 0 Å². The first-order valence-corrected chi connectivity index (χ1v) is 33.7. The van der Waals surface area contributed by atoms with Gasteiger partial charge in [-0.05, 0) is 0 Å². The summed E-state index contributed by atoms with van der Waals surface area (Å²) in [5, 5.41) is 0. The molecule has 0 fully saturated rings. The van der Waals surface area contributed by atoms with E-state index >= 15 is 0 Å². The monoisotopic (exact) mass is 706 g/mol. The Morgan fingerprint density at radius 3 is 1.35 bits per heavy atom. The summed E-state index contributed by atoms with van der Waals surface area (Å²) >= 11 is -3.75. The molecule has 4 aromatic carbocycles. The predicted molar refractivity (Wildman–Crippen MR) is 175 cm³/mol. The summed E-state index contributed by atoms with van der Waals surface area (Å²) < 4.78 is 6.89. The van der Waals surface area contributed by atoms with E-state index in [0.717, 1.165) is 0 Å². The zero-order valence-corrected chi connectivity index (χ0v) is 29.6. The van der Waals surface area contributed by atoms with E-state index in [4.69, 9.17) is 0 Å². The number of hydrogen-bond acceptors (Lipinski definition) is 0. The minimum atomic E-state index is -3.75. The van der Waals surface area contributed by atoms with Crippen LogP contribution in [0.2, 0.25) is 21.4 Å². The first kappa shape index (κ1) is 27.6. The van der Waals surface area contributed by atoms with E-state index in [9.17, 15) is 0 Å². The van der Waals surface area contributed by atoms with Crippen LogP contribution in [0.15, 0.2) is 97.1 Å².